The first-order valence-corrected chi connectivity index (χ1v) is 8.08. The molecule has 0 fully saturated rings. The molecule has 8 heteroatoms. The van der Waals surface area contributed by atoms with Crippen LogP contribution >= 0.6 is 11.8 Å². The molecule has 22 heavy (non-hydrogen) atoms. The molecule has 1 unspecified atom stereocenters. The molecule has 0 bridgehead atoms. The number of ether oxygens (including phenoxy) is 1. The van der Waals surface area contributed by atoms with Crippen molar-refractivity contribution in [1.29, 1.82) is 0 Å². The van der Waals surface area contributed by atoms with Gasteiger partial charge in [-0.25, -0.2) is 9.78 Å². The van der Waals surface area contributed by atoms with Crippen molar-refractivity contribution in [2.75, 3.05) is 24.4 Å². The van der Waals surface area contributed by atoms with Gasteiger partial charge >= 0.3 is 5.97 Å². The summed E-state index contributed by atoms with van der Waals surface area (Å²) in [4.78, 5) is 30.9. The lowest BCUT2D eigenvalue weighted by atomic mass is 10.2. The Morgan fingerprint density at radius 3 is 2.95 bits per heavy atom. The summed E-state index contributed by atoms with van der Waals surface area (Å²) in [6.45, 7) is 0. The number of para-hydroxylation sites is 1. The molecule has 0 radical (unpaired) electrons. The van der Waals surface area contributed by atoms with E-state index in [2.05, 4.69) is 15.3 Å². The van der Waals surface area contributed by atoms with Crippen LogP contribution < -0.4 is 11.1 Å². The molecule has 0 aliphatic carbocycles. The quantitative estimate of drug-likeness (QED) is 0.693. The third-order valence-corrected chi connectivity index (χ3v) is 3.77. The van der Waals surface area contributed by atoms with Crippen LogP contribution in [0, 0.1) is 0 Å². The molecule has 2 rings (SSSR count). The van der Waals surface area contributed by atoms with Gasteiger partial charge in [-0.2, -0.15) is 11.8 Å². The average Bonchev–Trinajstić information content (AvgIpc) is 2.93. The van der Waals surface area contributed by atoms with E-state index >= 15 is 0 Å². The minimum atomic E-state index is -0.597. The number of nitrogens with two attached hydrogens (primary N) is 1. The minimum Gasteiger partial charge on any atom is -0.465 e. The highest BCUT2D eigenvalue weighted by atomic mass is 32.2. The van der Waals surface area contributed by atoms with Gasteiger partial charge < -0.3 is 15.5 Å². The number of H-pyrrole nitrogens is 1. The fourth-order valence-electron chi connectivity index (χ4n) is 1.95. The zero-order valence-electron chi connectivity index (χ0n) is 12.4. The van der Waals surface area contributed by atoms with Gasteiger partial charge in [0, 0.05) is 0 Å². The second-order valence-corrected chi connectivity index (χ2v) is 5.64. The Morgan fingerprint density at radius 1 is 1.50 bits per heavy atom. The van der Waals surface area contributed by atoms with E-state index in [1.165, 1.54) is 7.11 Å². The van der Waals surface area contributed by atoms with Crippen molar-refractivity contribution in [2.24, 2.45) is 5.73 Å². The third-order valence-electron chi connectivity index (χ3n) is 3.13. The van der Waals surface area contributed by atoms with E-state index < -0.39 is 12.0 Å². The van der Waals surface area contributed by atoms with Gasteiger partial charge in [-0.1, -0.05) is 6.07 Å². The largest absolute Gasteiger partial charge is 0.465 e. The van der Waals surface area contributed by atoms with Crippen LogP contribution in [0.2, 0.25) is 0 Å². The van der Waals surface area contributed by atoms with Crippen molar-refractivity contribution < 1.29 is 14.3 Å². The minimum absolute atomic E-state index is 0.260. The van der Waals surface area contributed by atoms with E-state index in [0.29, 0.717) is 23.0 Å². The number of aromatic amines is 1. The van der Waals surface area contributed by atoms with Crippen LogP contribution in [0.3, 0.4) is 0 Å². The Morgan fingerprint density at radius 2 is 2.27 bits per heavy atom. The number of nitrogens with zero attached hydrogens (tertiary/aromatic N) is 1. The van der Waals surface area contributed by atoms with Crippen LogP contribution in [0.5, 0.6) is 0 Å². The number of nitrogens with one attached hydrogen (secondary N) is 2. The molecular weight excluding hydrogens is 304 g/mol. The highest BCUT2D eigenvalue weighted by Gasteiger charge is 2.17. The zero-order chi connectivity index (χ0) is 16.1. The molecule has 7 nitrogen and oxygen atoms in total. The Kier molecular flexibility index (Phi) is 5.40. The van der Waals surface area contributed by atoms with Gasteiger partial charge in [0.15, 0.2) is 0 Å². The Hall–Kier alpha value is -2.06. The molecule has 2 aromatic rings. The lowest BCUT2D eigenvalue weighted by Crippen LogP contribution is -2.36. The second kappa shape index (κ2) is 7.28. The zero-order valence-corrected chi connectivity index (χ0v) is 13.2. The Bertz CT molecular complexity index is 686. The van der Waals surface area contributed by atoms with Crippen LogP contribution in [0.25, 0.3) is 11.0 Å². The standard InChI is InChI=1S/C14H18N4O3S/c1-21-13(20)8-4-3-5-10-11(8)17-14(16-10)18-12(19)9(15)6-7-22-2/h3-5,9H,6-7,15H2,1-2H3,(H2,16,17,18,19). The highest BCUT2D eigenvalue weighted by Crippen LogP contribution is 2.19. The number of hydrogen-bond acceptors (Lipinski definition) is 6. The summed E-state index contributed by atoms with van der Waals surface area (Å²) in [6.07, 6.45) is 2.54. The molecule has 0 saturated heterocycles. The maximum absolute atomic E-state index is 12.0. The molecule has 0 spiro atoms. The predicted molar refractivity (Wildman–Crippen MR) is 87.0 cm³/mol. The number of carbonyl (C=O) groups is 2. The number of anilines is 1. The van der Waals surface area contributed by atoms with E-state index in [1.54, 1.807) is 30.0 Å². The number of methoxy groups -OCH3 is 1. The fraction of sp³-hybridized carbons (Fsp3) is 0.357. The second-order valence-electron chi connectivity index (χ2n) is 4.66. The van der Waals surface area contributed by atoms with Gasteiger partial charge in [-0.3, -0.25) is 10.1 Å². The SMILES string of the molecule is COC(=O)c1cccc2[nH]c(NC(=O)C(N)CCSC)nc12. The van der Waals surface area contributed by atoms with Crippen molar-refractivity contribution >= 4 is 40.6 Å². The predicted octanol–water partition coefficient (Wildman–Crippen LogP) is 1.37. The topological polar surface area (TPSA) is 110 Å². The number of esters is 1. The lowest BCUT2D eigenvalue weighted by molar-refractivity contribution is -0.117. The van der Waals surface area contributed by atoms with Crippen molar-refractivity contribution in [3.63, 3.8) is 0 Å². The highest BCUT2D eigenvalue weighted by molar-refractivity contribution is 7.98. The van der Waals surface area contributed by atoms with Crippen LogP contribution in [-0.4, -0.2) is 47.0 Å². The summed E-state index contributed by atoms with van der Waals surface area (Å²) in [6, 6.07) is 4.49. The van der Waals surface area contributed by atoms with Gasteiger partial charge in [-0.05, 0) is 30.6 Å². The van der Waals surface area contributed by atoms with Crippen LogP contribution in [0.4, 0.5) is 5.95 Å². The normalized spacial score (nSPS) is 12.1. The molecular formula is C14H18N4O3S. The van der Waals surface area contributed by atoms with Crippen molar-refractivity contribution in [3.05, 3.63) is 23.8 Å². The summed E-state index contributed by atoms with van der Waals surface area (Å²) >= 11 is 1.63. The first kappa shape index (κ1) is 16.3. The summed E-state index contributed by atoms with van der Waals surface area (Å²) in [5.74, 6) is 0.275. The van der Waals surface area contributed by atoms with Gasteiger partial charge in [0.2, 0.25) is 11.9 Å². The van der Waals surface area contributed by atoms with E-state index in [0.717, 1.165) is 5.75 Å². The molecule has 4 N–H and O–H groups in total. The summed E-state index contributed by atoms with van der Waals surface area (Å²) < 4.78 is 4.71. The maximum atomic E-state index is 12.0. The van der Waals surface area contributed by atoms with E-state index in [4.69, 9.17) is 10.5 Å². The molecule has 1 aromatic carbocycles. The lowest BCUT2D eigenvalue weighted by Gasteiger charge is -2.09. The molecule has 1 heterocycles. The summed E-state index contributed by atoms with van der Waals surface area (Å²) in [5.41, 5.74) is 7.22. The van der Waals surface area contributed by atoms with Crippen LogP contribution in [-0.2, 0) is 9.53 Å². The number of rotatable bonds is 6. The average molecular weight is 322 g/mol. The number of imidazole rings is 1. The Labute approximate surface area is 132 Å². The molecule has 1 amide bonds. The number of aromatic nitrogens is 2. The number of carbonyl (C=O) groups excluding carboxylic acids is 2. The third kappa shape index (κ3) is 3.58. The van der Waals surface area contributed by atoms with Crippen molar-refractivity contribution in [3.8, 4) is 0 Å². The molecule has 118 valence electrons. The summed E-state index contributed by atoms with van der Waals surface area (Å²) in [7, 11) is 1.31. The van der Waals surface area contributed by atoms with E-state index in [1.807, 2.05) is 6.26 Å². The first-order valence-electron chi connectivity index (χ1n) is 6.69. The van der Waals surface area contributed by atoms with E-state index in [-0.39, 0.29) is 11.9 Å². The van der Waals surface area contributed by atoms with Crippen LogP contribution in [0.1, 0.15) is 16.8 Å². The smallest absolute Gasteiger partial charge is 0.340 e. The van der Waals surface area contributed by atoms with Gasteiger partial charge in [0.05, 0.1) is 24.2 Å². The van der Waals surface area contributed by atoms with Gasteiger partial charge in [-0.15, -0.1) is 0 Å². The fourth-order valence-corrected chi connectivity index (χ4v) is 2.44. The van der Waals surface area contributed by atoms with E-state index in [9.17, 15) is 9.59 Å². The number of thioether (sulfide) groups is 1. The monoisotopic (exact) mass is 322 g/mol. The Balaban J connectivity index is 2.19. The molecule has 0 saturated carbocycles. The van der Waals surface area contributed by atoms with Crippen molar-refractivity contribution in [2.45, 2.75) is 12.5 Å². The molecule has 0 aliphatic rings. The van der Waals surface area contributed by atoms with Gasteiger partial charge in [0.25, 0.3) is 0 Å². The molecule has 1 atom stereocenters. The number of fused-ring (bicyclic) bond motifs is 1. The molecule has 0 aliphatic heterocycles. The number of amides is 1. The molecule has 1 aromatic heterocycles. The maximum Gasteiger partial charge on any atom is 0.340 e. The van der Waals surface area contributed by atoms with Crippen molar-refractivity contribution in [1.82, 2.24) is 9.97 Å². The number of benzene rings is 1. The van der Waals surface area contributed by atoms with Gasteiger partial charge in [0.1, 0.15) is 5.52 Å². The van der Waals surface area contributed by atoms with Crippen LogP contribution in [0.15, 0.2) is 18.2 Å². The summed E-state index contributed by atoms with van der Waals surface area (Å²) in [5, 5.41) is 2.63. The number of hydrogen-bond donors (Lipinski definition) is 3. The first-order chi connectivity index (χ1) is 10.6.